The summed E-state index contributed by atoms with van der Waals surface area (Å²) in [6, 6.07) is 8.41. The van der Waals surface area contributed by atoms with Gasteiger partial charge in [0.2, 0.25) is 5.91 Å². The van der Waals surface area contributed by atoms with E-state index in [2.05, 4.69) is 29.7 Å². The van der Waals surface area contributed by atoms with Crippen LogP contribution in [0.2, 0.25) is 0 Å². The minimum absolute atomic E-state index is 0.0128. The highest BCUT2D eigenvalue weighted by Gasteiger charge is 2.29. The molecule has 116 valence electrons. The van der Waals surface area contributed by atoms with Gasteiger partial charge in [-0.3, -0.25) is 4.79 Å². The Kier molecular flexibility index (Phi) is 6.05. The molecule has 1 aliphatic rings. The smallest absolute Gasteiger partial charge is 0.225 e. The van der Waals surface area contributed by atoms with Crippen LogP contribution in [0.3, 0.4) is 0 Å². The third-order valence-corrected chi connectivity index (χ3v) is 4.11. The second kappa shape index (κ2) is 8.03. The molecule has 0 bridgehead atoms. The Balaban J connectivity index is 1.78. The number of unbranched alkanes of at least 4 members (excludes halogenated alkanes) is 2. The maximum absolute atomic E-state index is 12.3. The van der Waals surface area contributed by atoms with Crippen molar-refractivity contribution >= 4 is 11.6 Å². The van der Waals surface area contributed by atoms with Crippen molar-refractivity contribution in [3.05, 3.63) is 29.8 Å². The van der Waals surface area contributed by atoms with Crippen molar-refractivity contribution in [2.75, 3.05) is 25.6 Å². The van der Waals surface area contributed by atoms with Gasteiger partial charge < -0.3 is 15.4 Å². The van der Waals surface area contributed by atoms with E-state index in [-0.39, 0.29) is 17.9 Å². The van der Waals surface area contributed by atoms with Gasteiger partial charge in [0, 0.05) is 32.0 Å². The first-order chi connectivity index (χ1) is 10.2. The van der Waals surface area contributed by atoms with E-state index in [4.69, 9.17) is 4.74 Å². The molecule has 1 aliphatic heterocycles. The Bertz CT molecular complexity index is 462. The summed E-state index contributed by atoms with van der Waals surface area (Å²) in [6.07, 6.45) is 3.98. The van der Waals surface area contributed by atoms with Gasteiger partial charge in [-0.2, -0.15) is 0 Å². The van der Waals surface area contributed by atoms with E-state index in [9.17, 15) is 4.79 Å². The largest absolute Gasteiger partial charge is 0.385 e. The number of benzene rings is 1. The number of nitrogens with one attached hydrogen (secondary N) is 2. The molecular formula is C17H26N2O2. The minimum Gasteiger partial charge on any atom is -0.385 e. The molecule has 0 fully saturated rings. The molecule has 1 heterocycles. The van der Waals surface area contributed by atoms with Crippen LogP contribution >= 0.6 is 0 Å². The lowest BCUT2D eigenvalue weighted by molar-refractivity contribution is -0.125. The highest BCUT2D eigenvalue weighted by atomic mass is 16.5. The van der Waals surface area contributed by atoms with Crippen molar-refractivity contribution in [2.45, 2.75) is 38.6 Å². The molecule has 2 N–H and O–H groups in total. The van der Waals surface area contributed by atoms with Gasteiger partial charge in [-0.1, -0.05) is 18.2 Å². The van der Waals surface area contributed by atoms with Crippen LogP contribution in [0.15, 0.2) is 24.3 Å². The van der Waals surface area contributed by atoms with Crippen LogP contribution in [0.25, 0.3) is 0 Å². The SMILES string of the molecule is COCCCCCNC(=O)C1Cc2ccccc2NC1C. The zero-order chi connectivity index (χ0) is 15.1. The topological polar surface area (TPSA) is 50.4 Å². The normalized spacial score (nSPS) is 20.5. The second-order valence-electron chi connectivity index (χ2n) is 5.75. The van der Waals surface area contributed by atoms with E-state index in [1.165, 1.54) is 5.56 Å². The predicted octanol–water partition coefficient (Wildman–Crippen LogP) is 2.59. The first-order valence-corrected chi connectivity index (χ1v) is 7.83. The lowest BCUT2D eigenvalue weighted by atomic mass is 9.87. The molecule has 1 amide bonds. The van der Waals surface area contributed by atoms with Gasteiger partial charge in [-0.15, -0.1) is 0 Å². The number of anilines is 1. The van der Waals surface area contributed by atoms with Crippen LogP contribution in [-0.4, -0.2) is 32.2 Å². The summed E-state index contributed by atoms with van der Waals surface area (Å²) >= 11 is 0. The number of amides is 1. The van der Waals surface area contributed by atoms with Crippen molar-refractivity contribution in [3.8, 4) is 0 Å². The fraction of sp³-hybridized carbons (Fsp3) is 0.588. The van der Waals surface area contributed by atoms with Crippen LogP contribution < -0.4 is 10.6 Å². The average molecular weight is 290 g/mol. The first-order valence-electron chi connectivity index (χ1n) is 7.83. The lowest BCUT2D eigenvalue weighted by Crippen LogP contribution is -2.43. The van der Waals surface area contributed by atoms with Crippen molar-refractivity contribution in [1.29, 1.82) is 0 Å². The molecule has 1 aromatic rings. The van der Waals surface area contributed by atoms with Gasteiger partial charge >= 0.3 is 0 Å². The first kappa shape index (κ1) is 15.8. The molecular weight excluding hydrogens is 264 g/mol. The Morgan fingerprint density at radius 2 is 2.14 bits per heavy atom. The van der Waals surface area contributed by atoms with Crippen molar-refractivity contribution in [2.24, 2.45) is 5.92 Å². The maximum Gasteiger partial charge on any atom is 0.225 e. The molecule has 1 aromatic carbocycles. The molecule has 0 aliphatic carbocycles. The fourth-order valence-corrected chi connectivity index (χ4v) is 2.81. The molecule has 2 rings (SSSR count). The third kappa shape index (κ3) is 4.46. The lowest BCUT2D eigenvalue weighted by Gasteiger charge is -2.31. The Labute approximate surface area is 127 Å². The van der Waals surface area contributed by atoms with Gasteiger partial charge in [0.15, 0.2) is 0 Å². The molecule has 0 aromatic heterocycles. The van der Waals surface area contributed by atoms with Crippen molar-refractivity contribution in [3.63, 3.8) is 0 Å². The van der Waals surface area contributed by atoms with E-state index in [1.807, 2.05) is 12.1 Å². The molecule has 0 saturated heterocycles. The summed E-state index contributed by atoms with van der Waals surface area (Å²) in [5.41, 5.74) is 2.39. The molecule has 0 saturated carbocycles. The summed E-state index contributed by atoms with van der Waals surface area (Å²) in [5, 5.41) is 6.50. The number of methoxy groups -OCH3 is 1. The standard InChI is InChI=1S/C17H26N2O2/c1-13-15(12-14-8-4-5-9-16(14)19-13)17(20)18-10-6-3-7-11-21-2/h4-5,8-9,13,15,19H,3,6-7,10-12H2,1-2H3,(H,18,20). The summed E-state index contributed by atoms with van der Waals surface area (Å²) in [6.45, 7) is 3.64. The zero-order valence-electron chi connectivity index (χ0n) is 13.0. The van der Waals surface area contributed by atoms with Crippen LogP contribution in [0.5, 0.6) is 0 Å². The molecule has 4 nitrogen and oxygen atoms in total. The number of fused-ring (bicyclic) bond motifs is 1. The summed E-state index contributed by atoms with van der Waals surface area (Å²) in [4.78, 5) is 12.3. The quantitative estimate of drug-likeness (QED) is 0.759. The zero-order valence-corrected chi connectivity index (χ0v) is 13.0. The molecule has 0 spiro atoms. The average Bonchev–Trinajstić information content (AvgIpc) is 2.49. The Morgan fingerprint density at radius 1 is 1.33 bits per heavy atom. The molecule has 21 heavy (non-hydrogen) atoms. The van der Waals surface area contributed by atoms with Gasteiger partial charge in [0.1, 0.15) is 0 Å². The predicted molar refractivity (Wildman–Crippen MR) is 85.5 cm³/mol. The Hall–Kier alpha value is -1.55. The van der Waals surface area contributed by atoms with Gasteiger partial charge in [0.05, 0.1) is 5.92 Å². The summed E-state index contributed by atoms with van der Waals surface area (Å²) < 4.78 is 5.02. The van der Waals surface area contributed by atoms with E-state index < -0.39 is 0 Å². The number of ether oxygens (including phenoxy) is 1. The molecule has 2 atom stereocenters. The number of para-hydroxylation sites is 1. The van der Waals surface area contributed by atoms with Crippen LogP contribution in [0.1, 0.15) is 31.7 Å². The number of carbonyl (C=O) groups is 1. The van der Waals surface area contributed by atoms with Gasteiger partial charge in [-0.25, -0.2) is 0 Å². The van der Waals surface area contributed by atoms with Gasteiger partial charge in [0.25, 0.3) is 0 Å². The van der Waals surface area contributed by atoms with E-state index in [0.717, 1.165) is 44.5 Å². The van der Waals surface area contributed by atoms with E-state index in [1.54, 1.807) is 7.11 Å². The number of hydrogen-bond acceptors (Lipinski definition) is 3. The highest BCUT2D eigenvalue weighted by molar-refractivity contribution is 5.81. The summed E-state index contributed by atoms with van der Waals surface area (Å²) in [5.74, 6) is 0.176. The van der Waals surface area contributed by atoms with Crippen LogP contribution in [-0.2, 0) is 16.0 Å². The highest BCUT2D eigenvalue weighted by Crippen LogP contribution is 2.28. The molecule has 4 heteroatoms. The Morgan fingerprint density at radius 3 is 2.95 bits per heavy atom. The van der Waals surface area contributed by atoms with Gasteiger partial charge in [-0.05, 0) is 44.2 Å². The number of rotatable bonds is 7. The van der Waals surface area contributed by atoms with Crippen LogP contribution in [0, 0.1) is 5.92 Å². The maximum atomic E-state index is 12.3. The van der Waals surface area contributed by atoms with Crippen molar-refractivity contribution in [1.82, 2.24) is 5.32 Å². The van der Waals surface area contributed by atoms with Crippen LogP contribution in [0.4, 0.5) is 5.69 Å². The molecule has 0 radical (unpaired) electrons. The number of hydrogen-bond donors (Lipinski definition) is 2. The second-order valence-corrected chi connectivity index (χ2v) is 5.75. The monoisotopic (exact) mass is 290 g/mol. The summed E-state index contributed by atoms with van der Waals surface area (Å²) in [7, 11) is 1.72. The number of carbonyl (C=O) groups excluding carboxylic acids is 1. The molecule has 2 unspecified atom stereocenters. The van der Waals surface area contributed by atoms with E-state index >= 15 is 0 Å². The van der Waals surface area contributed by atoms with E-state index in [0.29, 0.717) is 0 Å². The third-order valence-electron chi connectivity index (χ3n) is 4.11. The van der Waals surface area contributed by atoms with Crippen molar-refractivity contribution < 1.29 is 9.53 Å². The minimum atomic E-state index is 0.0128. The fourth-order valence-electron chi connectivity index (χ4n) is 2.81.